The van der Waals surface area contributed by atoms with Crippen molar-refractivity contribution in [3.05, 3.63) is 51.0 Å². The maximum atomic E-state index is 11.9. The van der Waals surface area contributed by atoms with Crippen molar-refractivity contribution in [1.29, 1.82) is 0 Å². The predicted molar refractivity (Wildman–Crippen MR) is 71.2 cm³/mol. The molecule has 0 spiro atoms. The Morgan fingerprint density at radius 2 is 2.05 bits per heavy atom. The molecule has 1 N–H and O–H groups in total. The summed E-state index contributed by atoms with van der Waals surface area (Å²) in [5.74, 6) is 0. The molecule has 0 aliphatic rings. The second kappa shape index (κ2) is 5.77. The number of benzene rings is 1. The molecule has 116 valence electrons. The van der Waals surface area contributed by atoms with Crippen molar-refractivity contribution in [2.45, 2.75) is 11.8 Å². The summed E-state index contributed by atoms with van der Waals surface area (Å²) >= 11 is 0. The van der Waals surface area contributed by atoms with Gasteiger partial charge in [0.15, 0.2) is 0 Å². The van der Waals surface area contributed by atoms with Crippen LogP contribution in [-0.2, 0) is 10.0 Å². The summed E-state index contributed by atoms with van der Waals surface area (Å²) in [6, 6.07) is 4.26. The number of sulfonamides is 1. The summed E-state index contributed by atoms with van der Waals surface area (Å²) in [6.07, 6.45) is 0.996. The Balaban J connectivity index is 2.14. The second-order valence-corrected chi connectivity index (χ2v) is 5.67. The third-order valence-corrected chi connectivity index (χ3v) is 3.81. The van der Waals surface area contributed by atoms with Crippen LogP contribution in [-0.4, -0.2) is 24.7 Å². The zero-order valence-corrected chi connectivity index (χ0v) is 11.8. The van der Waals surface area contributed by atoms with Gasteiger partial charge in [0, 0.05) is 24.2 Å². The summed E-state index contributed by atoms with van der Waals surface area (Å²) in [5, 5.41) is 28.2. The van der Waals surface area contributed by atoms with Crippen molar-refractivity contribution < 1.29 is 22.9 Å². The molecule has 0 aliphatic carbocycles. The molecule has 12 heteroatoms. The van der Waals surface area contributed by atoms with Gasteiger partial charge in [0.1, 0.15) is 6.21 Å². The highest BCUT2D eigenvalue weighted by Gasteiger charge is 2.16. The minimum atomic E-state index is -3.99. The van der Waals surface area contributed by atoms with Gasteiger partial charge in [-0.2, -0.15) is 18.4 Å². The Morgan fingerprint density at radius 1 is 1.41 bits per heavy atom. The molecule has 1 heterocycles. The Bertz CT molecular complexity index is 826. The van der Waals surface area contributed by atoms with E-state index in [9.17, 15) is 23.7 Å². The number of nitrogens with zero attached hydrogens (tertiary/aromatic N) is 4. The molecule has 0 radical (unpaired) electrons. The number of hydrazone groups is 1. The minimum Gasteiger partial charge on any atom is -0.359 e. The van der Waals surface area contributed by atoms with Crippen LogP contribution in [0.15, 0.2) is 38.9 Å². The topological polar surface area (TPSA) is 155 Å². The number of hydrogen-bond donors (Lipinski definition) is 1. The molecule has 2 rings (SSSR count). The van der Waals surface area contributed by atoms with Crippen molar-refractivity contribution in [3.8, 4) is 0 Å². The quantitative estimate of drug-likeness (QED) is 0.346. The van der Waals surface area contributed by atoms with Gasteiger partial charge in [0.25, 0.3) is 21.4 Å². The van der Waals surface area contributed by atoms with Crippen molar-refractivity contribution in [1.82, 2.24) is 9.99 Å². The molecule has 0 atom stereocenters. The lowest BCUT2D eigenvalue weighted by Gasteiger charge is -2.02. The highest BCUT2D eigenvalue weighted by molar-refractivity contribution is 7.89. The molecule has 1 aromatic carbocycles. The van der Waals surface area contributed by atoms with E-state index in [0.717, 1.165) is 30.5 Å². The van der Waals surface area contributed by atoms with Gasteiger partial charge in [-0.05, 0) is 17.0 Å². The van der Waals surface area contributed by atoms with E-state index in [1.807, 2.05) is 4.83 Å². The number of hydrogen-bond acceptors (Lipinski definition) is 8. The lowest BCUT2D eigenvalue weighted by molar-refractivity contribution is -0.806. The van der Waals surface area contributed by atoms with Gasteiger partial charge < -0.3 is 5.21 Å². The van der Waals surface area contributed by atoms with Crippen LogP contribution in [0.2, 0.25) is 0 Å². The molecule has 0 aliphatic heterocycles. The number of nitro groups is 1. The number of nitro benzene ring substituents is 1. The second-order valence-electron chi connectivity index (χ2n) is 4.00. The zero-order valence-electron chi connectivity index (χ0n) is 11.0. The van der Waals surface area contributed by atoms with Crippen LogP contribution in [0.25, 0.3) is 0 Å². The van der Waals surface area contributed by atoms with E-state index in [-0.39, 0.29) is 26.9 Å². The first kappa shape index (κ1) is 15.4. The van der Waals surface area contributed by atoms with Gasteiger partial charge in [-0.25, -0.2) is 0 Å². The van der Waals surface area contributed by atoms with Crippen molar-refractivity contribution >= 4 is 21.9 Å². The lowest BCUT2D eigenvalue weighted by Crippen LogP contribution is -2.26. The number of rotatable bonds is 5. The van der Waals surface area contributed by atoms with E-state index in [4.69, 9.17) is 0 Å². The number of nitrogens with one attached hydrogen (secondary N) is 1. The molecular formula is C10H9N5O6S. The monoisotopic (exact) mass is 327 g/mol. The first-order valence-corrected chi connectivity index (χ1v) is 7.15. The zero-order chi connectivity index (χ0) is 16.3. The Kier molecular flexibility index (Phi) is 4.03. The Labute approximate surface area is 123 Å². The van der Waals surface area contributed by atoms with Crippen LogP contribution in [0.1, 0.15) is 11.4 Å². The van der Waals surface area contributed by atoms with E-state index in [0.29, 0.717) is 0 Å². The van der Waals surface area contributed by atoms with E-state index >= 15 is 0 Å². The molecule has 22 heavy (non-hydrogen) atoms. The average Bonchev–Trinajstić information content (AvgIpc) is 2.79. The van der Waals surface area contributed by atoms with Crippen molar-refractivity contribution in [2.24, 2.45) is 5.10 Å². The van der Waals surface area contributed by atoms with Crippen LogP contribution >= 0.6 is 0 Å². The standard InChI is InChI=1S/C10H9N5O6S/c1-7-10(12-21-15(7)18)6-11-13-22(19,20)9-4-2-8(3-5-9)14(16)17/h2-6,13H,1H3/b11-6+. The van der Waals surface area contributed by atoms with E-state index in [1.54, 1.807) is 0 Å². The minimum absolute atomic E-state index is 0.0569. The van der Waals surface area contributed by atoms with Crippen LogP contribution < -0.4 is 9.73 Å². The molecule has 0 fully saturated rings. The third-order valence-electron chi connectivity index (χ3n) is 2.58. The fourth-order valence-corrected chi connectivity index (χ4v) is 2.17. The van der Waals surface area contributed by atoms with Gasteiger partial charge in [0.2, 0.25) is 5.69 Å². The van der Waals surface area contributed by atoms with Gasteiger partial charge in [-0.15, -0.1) is 0 Å². The maximum absolute atomic E-state index is 11.9. The van der Waals surface area contributed by atoms with Gasteiger partial charge in [-0.1, -0.05) is 0 Å². The molecule has 2 aromatic rings. The largest absolute Gasteiger partial charge is 0.359 e. The maximum Gasteiger partial charge on any atom is 0.276 e. The average molecular weight is 327 g/mol. The Hall–Kier alpha value is -3.02. The molecule has 1 aromatic heterocycles. The van der Waals surface area contributed by atoms with Gasteiger partial charge >= 0.3 is 0 Å². The summed E-state index contributed by atoms with van der Waals surface area (Å²) in [5.41, 5.74) is -0.0691. The molecule has 11 nitrogen and oxygen atoms in total. The summed E-state index contributed by atoms with van der Waals surface area (Å²) < 4.78 is 28.1. The lowest BCUT2D eigenvalue weighted by atomic mass is 10.3. The first-order chi connectivity index (χ1) is 10.3. The smallest absolute Gasteiger partial charge is 0.276 e. The molecule has 0 unspecified atom stereocenters. The SMILES string of the molecule is Cc1c(/C=N/NS(=O)(=O)c2ccc([N+](=O)[O-])cc2)no[n+]1[O-]. The number of aromatic nitrogens is 2. The highest BCUT2D eigenvalue weighted by Crippen LogP contribution is 2.15. The molecule has 0 bridgehead atoms. The summed E-state index contributed by atoms with van der Waals surface area (Å²) in [4.78, 5) is 11.7. The van der Waals surface area contributed by atoms with Gasteiger partial charge in [-0.3, -0.25) is 14.7 Å². The van der Waals surface area contributed by atoms with Crippen LogP contribution in [0, 0.1) is 22.2 Å². The summed E-state index contributed by atoms with van der Waals surface area (Å²) in [7, 11) is -3.99. The molecule has 0 amide bonds. The van der Waals surface area contributed by atoms with Crippen LogP contribution in [0.4, 0.5) is 5.69 Å². The van der Waals surface area contributed by atoms with E-state index < -0.39 is 14.9 Å². The van der Waals surface area contributed by atoms with Crippen molar-refractivity contribution in [2.75, 3.05) is 0 Å². The molecule has 0 saturated heterocycles. The summed E-state index contributed by atoms with van der Waals surface area (Å²) in [6.45, 7) is 1.41. The molecular weight excluding hydrogens is 318 g/mol. The van der Waals surface area contributed by atoms with Gasteiger partial charge in [0.05, 0.1) is 9.82 Å². The normalized spacial score (nSPS) is 11.7. The third kappa shape index (κ3) is 3.17. The predicted octanol–water partition coefficient (Wildman–Crippen LogP) is -0.163. The van der Waals surface area contributed by atoms with E-state index in [1.165, 1.54) is 6.92 Å². The fourth-order valence-electron chi connectivity index (χ4n) is 1.38. The van der Waals surface area contributed by atoms with Crippen molar-refractivity contribution in [3.63, 3.8) is 0 Å². The first-order valence-electron chi connectivity index (χ1n) is 5.67. The molecule has 0 saturated carbocycles. The number of non-ortho nitro benzene ring substituents is 1. The Morgan fingerprint density at radius 3 is 2.55 bits per heavy atom. The highest BCUT2D eigenvalue weighted by atomic mass is 32.2. The fraction of sp³-hybridized carbons (Fsp3) is 0.100. The van der Waals surface area contributed by atoms with Crippen LogP contribution in [0.3, 0.4) is 0 Å². The van der Waals surface area contributed by atoms with E-state index in [2.05, 4.69) is 14.9 Å². The van der Waals surface area contributed by atoms with Crippen LogP contribution in [0.5, 0.6) is 0 Å².